The SMILES string of the molecule is Cc1ccc(-c2ncccn2)c(C(=O)N2C3CC(C3)[C@H](C)[C@H]2COc2ccc(F)cc2)c1. The summed E-state index contributed by atoms with van der Waals surface area (Å²) in [5.41, 5.74) is 2.39. The molecule has 1 amide bonds. The maximum absolute atomic E-state index is 14.0. The highest BCUT2D eigenvalue weighted by molar-refractivity contribution is 6.01. The maximum atomic E-state index is 14.0. The van der Waals surface area contributed by atoms with Crippen LogP contribution in [0.1, 0.15) is 35.7 Å². The molecule has 2 bridgehead atoms. The highest BCUT2D eigenvalue weighted by Gasteiger charge is 2.51. The number of piperidine rings is 2. The molecule has 3 heterocycles. The Kier molecular flexibility index (Phi) is 5.37. The van der Waals surface area contributed by atoms with E-state index in [1.807, 2.05) is 30.0 Å². The molecule has 32 heavy (non-hydrogen) atoms. The van der Waals surface area contributed by atoms with Crippen LogP contribution in [0.4, 0.5) is 4.39 Å². The minimum Gasteiger partial charge on any atom is -0.491 e. The summed E-state index contributed by atoms with van der Waals surface area (Å²) in [5, 5.41) is 0. The molecule has 3 aromatic rings. The molecule has 6 rings (SSSR count). The normalized spacial score (nSPS) is 24.0. The smallest absolute Gasteiger partial charge is 0.255 e. The largest absolute Gasteiger partial charge is 0.491 e. The van der Waals surface area contributed by atoms with Crippen LogP contribution in [-0.4, -0.2) is 39.5 Å². The van der Waals surface area contributed by atoms with Gasteiger partial charge in [-0.05, 0) is 68.0 Å². The number of aryl methyl sites for hydroxylation is 1. The van der Waals surface area contributed by atoms with Gasteiger partial charge in [0, 0.05) is 24.0 Å². The van der Waals surface area contributed by atoms with Crippen molar-refractivity contribution < 1.29 is 13.9 Å². The highest BCUT2D eigenvalue weighted by Crippen LogP contribution is 2.47. The van der Waals surface area contributed by atoms with Gasteiger partial charge >= 0.3 is 0 Å². The van der Waals surface area contributed by atoms with Crippen LogP contribution in [0.25, 0.3) is 11.4 Å². The lowest BCUT2D eigenvalue weighted by Gasteiger charge is -2.57. The third-order valence-electron chi connectivity index (χ3n) is 6.93. The topological polar surface area (TPSA) is 55.3 Å². The monoisotopic (exact) mass is 431 g/mol. The van der Waals surface area contributed by atoms with Gasteiger partial charge in [0.2, 0.25) is 0 Å². The summed E-state index contributed by atoms with van der Waals surface area (Å²) in [5.74, 6) is 1.80. The van der Waals surface area contributed by atoms with E-state index in [1.165, 1.54) is 12.1 Å². The van der Waals surface area contributed by atoms with Crippen molar-refractivity contribution in [2.75, 3.05) is 6.61 Å². The molecule has 3 fully saturated rings. The fourth-order valence-corrected chi connectivity index (χ4v) is 4.99. The summed E-state index contributed by atoms with van der Waals surface area (Å²) in [6, 6.07) is 13.8. The van der Waals surface area contributed by atoms with E-state index in [-0.39, 0.29) is 23.8 Å². The summed E-state index contributed by atoms with van der Waals surface area (Å²) in [4.78, 5) is 24.7. The Morgan fingerprint density at radius 3 is 2.56 bits per heavy atom. The van der Waals surface area contributed by atoms with Gasteiger partial charge in [-0.25, -0.2) is 14.4 Å². The minimum absolute atomic E-state index is 0.00106. The van der Waals surface area contributed by atoms with Crippen LogP contribution in [0.5, 0.6) is 5.75 Å². The van der Waals surface area contributed by atoms with Gasteiger partial charge in [-0.1, -0.05) is 24.6 Å². The van der Waals surface area contributed by atoms with E-state index in [1.54, 1.807) is 30.6 Å². The minimum atomic E-state index is -0.295. The number of amides is 1. The van der Waals surface area contributed by atoms with Crippen molar-refractivity contribution in [1.82, 2.24) is 14.9 Å². The molecule has 2 atom stereocenters. The zero-order valence-corrected chi connectivity index (χ0v) is 18.2. The van der Waals surface area contributed by atoms with Crippen molar-refractivity contribution in [3.05, 3.63) is 77.9 Å². The van der Waals surface area contributed by atoms with E-state index in [9.17, 15) is 9.18 Å². The second kappa shape index (κ2) is 8.34. The molecule has 1 aromatic heterocycles. The van der Waals surface area contributed by atoms with Gasteiger partial charge in [-0.3, -0.25) is 4.79 Å². The molecule has 0 unspecified atom stereocenters. The standard InChI is InChI=1S/C26H26FN3O2/c1-16-4-9-22(25-28-10-3-11-29-25)23(12-16)26(31)30-20-13-18(14-20)17(2)24(30)15-32-21-7-5-19(27)6-8-21/h3-12,17-18,20,24H,13-15H2,1-2H3/t17-,18?,20?,24+/m0/s1. The first-order valence-corrected chi connectivity index (χ1v) is 11.1. The number of rotatable bonds is 5. The number of carbonyl (C=O) groups excluding carboxylic acids is 1. The Balaban J connectivity index is 1.46. The summed E-state index contributed by atoms with van der Waals surface area (Å²) in [7, 11) is 0. The van der Waals surface area contributed by atoms with Crippen molar-refractivity contribution in [2.24, 2.45) is 11.8 Å². The lowest BCUT2D eigenvalue weighted by Crippen LogP contribution is -2.64. The number of ether oxygens (including phenoxy) is 1. The first kappa shape index (κ1) is 20.6. The van der Waals surface area contributed by atoms with Crippen LogP contribution in [0.15, 0.2) is 60.9 Å². The second-order valence-corrected chi connectivity index (χ2v) is 8.91. The van der Waals surface area contributed by atoms with Gasteiger partial charge in [-0.2, -0.15) is 0 Å². The van der Waals surface area contributed by atoms with Crippen LogP contribution in [0.2, 0.25) is 0 Å². The number of carbonyl (C=O) groups is 1. The van der Waals surface area contributed by atoms with Crippen LogP contribution in [0.3, 0.4) is 0 Å². The molecule has 1 saturated carbocycles. The summed E-state index contributed by atoms with van der Waals surface area (Å²) >= 11 is 0. The van der Waals surface area contributed by atoms with Gasteiger partial charge in [0.15, 0.2) is 5.82 Å². The summed E-state index contributed by atoms with van der Waals surface area (Å²) in [6.07, 6.45) is 5.44. The van der Waals surface area contributed by atoms with Gasteiger partial charge in [0.05, 0.1) is 11.6 Å². The Morgan fingerprint density at radius 1 is 1.12 bits per heavy atom. The number of halogens is 1. The quantitative estimate of drug-likeness (QED) is 0.576. The van der Waals surface area contributed by atoms with Crippen LogP contribution < -0.4 is 4.74 Å². The first-order chi connectivity index (χ1) is 15.5. The average Bonchev–Trinajstić information content (AvgIpc) is 2.78. The van der Waals surface area contributed by atoms with Crippen molar-refractivity contribution in [3.63, 3.8) is 0 Å². The van der Waals surface area contributed by atoms with Crippen molar-refractivity contribution in [1.29, 1.82) is 0 Å². The van der Waals surface area contributed by atoms with Gasteiger partial charge in [0.25, 0.3) is 5.91 Å². The van der Waals surface area contributed by atoms with Crippen molar-refractivity contribution >= 4 is 5.91 Å². The fourth-order valence-electron chi connectivity index (χ4n) is 4.99. The summed E-state index contributed by atoms with van der Waals surface area (Å²) < 4.78 is 19.3. The van der Waals surface area contributed by atoms with Gasteiger partial charge in [-0.15, -0.1) is 0 Å². The molecule has 5 nitrogen and oxygen atoms in total. The number of hydrogen-bond donors (Lipinski definition) is 0. The van der Waals surface area contributed by atoms with Gasteiger partial charge < -0.3 is 9.64 Å². The summed E-state index contributed by atoms with van der Waals surface area (Å²) in [6.45, 7) is 4.57. The van der Waals surface area contributed by atoms with Crippen LogP contribution in [-0.2, 0) is 0 Å². The predicted octanol–water partition coefficient (Wildman–Crippen LogP) is 4.91. The zero-order chi connectivity index (χ0) is 22.2. The molecule has 0 N–H and O–H groups in total. The average molecular weight is 432 g/mol. The lowest BCUT2D eigenvalue weighted by molar-refractivity contribution is -0.0670. The molecule has 2 saturated heterocycles. The molecular weight excluding hydrogens is 405 g/mol. The van der Waals surface area contributed by atoms with Crippen LogP contribution >= 0.6 is 0 Å². The number of hydrogen-bond acceptors (Lipinski definition) is 4. The first-order valence-electron chi connectivity index (χ1n) is 11.1. The third-order valence-corrected chi connectivity index (χ3v) is 6.93. The van der Waals surface area contributed by atoms with Crippen LogP contribution in [0, 0.1) is 24.6 Å². The molecular formula is C26H26FN3O2. The number of fused-ring (bicyclic) bond motifs is 2. The Labute approximate surface area is 187 Å². The van der Waals surface area contributed by atoms with E-state index in [2.05, 4.69) is 16.9 Å². The van der Waals surface area contributed by atoms with Crippen molar-refractivity contribution in [2.45, 2.75) is 38.8 Å². The molecule has 0 spiro atoms. The molecule has 3 aliphatic rings. The molecule has 0 radical (unpaired) electrons. The molecule has 6 heteroatoms. The van der Waals surface area contributed by atoms with E-state index in [0.717, 1.165) is 24.0 Å². The predicted molar refractivity (Wildman–Crippen MR) is 120 cm³/mol. The number of nitrogens with zero attached hydrogens (tertiary/aromatic N) is 3. The fraction of sp³-hybridized carbons (Fsp3) is 0.346. The van der Waals surface area contributed by atoms with E-state index in [4.69, 9.17) is 4.74 Å². The Hall–Kier alpha value is -3.28. The van der Waals surface area contributed by atoms with Gasteiger partial charge in [0.1, 0.15) is 18.2 Å². The number of aromatic nitrogens is 2. The highest BCUT2D eigenvalue weighted by atomic mass is 19.1. The lowest BCUT2D eigenvalue weighted by atomic mass is 9.64. The zero-order valence-electron chi connectivity index (χ0n) is 18.2. The Morgan fingerprint density at radius 2 is 1.84 bits per heavy atom. The maximum Gasteiger partial charge on any atom is 0.255 e. The molecule has 164 valence electrons. The Bertz CT molecular complexity index is 1110. The molecule has 1 aliphatic carbocycles. The van der Waals surface area contributed by atoms with E-state index < -0.39 is 0 Å². The second-order valence-electron chi connectivity index (χ2n) is 8.91. The third kappa shape index (κ3) is 3.74. The van der Waals surface area contributed by atoms with Crippen molar-refractivity contribution in [3.8, 4) is 17.1 Å². The molecule has 2 aliphatic heterocycles. The van der Waals surface area contributed by atoms with E-state index >= 15 is 0 Å². The molecule has 2 aromatic carbocycles. The number of benzene rings is 2. The van der Waals surface area contributed by atoms with E-state index in [0.29, 0.717) is 35.6 Å².